The Morgan fingerprint density at radius 3 is 2.82 bits per heavy atom. The second-order valence-electron chi connectivity index (χ2n) is 4.20. The van der Waals surface area contributed by atoms with Crippen molar-refractivity contribution in [1.82, 2.24) is 20.5 Å². The minimum Gasteiger partial charge on any atom is -0.303 e. The monoisotopic (exact) mass is 253 g/mol. The first-order chi connectivity index (χ1) is 8.09. The largest absolute Gasteiger partial charge is 0.303 e. The molecular formula is C11H19N5S. The van der Waals surface area contributed by atoms with Crippen LogP contribution in [0, 0.1) is 18.3 Å². The number of rotatable bonds is 7. The number of nitriles is 1. The highest BCUT2D eigenvalue weighted by Gasteiger charge is 2.19. The van der Waals surface area contributed by atoms with Gasteiger partial charge in [0, 0.05) is 5.75 Å². The van der Waals surface area contributed by atoms with Crippen LogP contribution in [0.4, 0.5) is 0 Å². The highest BCUT2D eigenvalue weighted by molar-refractivity contribution is 7.99. The first-order valence-electron chi connectivity index (χ1n) is 5.71. The van der Waals surface area contributed by atoms with E-state index in [-0.39, 0.29) is 0 Å². The van der Waals surface area contributed by atoms with E-state index in [1.54, 1.807) is 11.8 Å². The smallest absolute Gasteiger partial charge is 0.208 e. The van der Waals surface area contributed by atoms with Gasteiger partial charge >= 0.3 is 0 Å². The molecule has 1 rings (SSSR count). The van der Waals surface area contributed by atoms with Gasteiger partial charge in [-0.25, -0.2) is 4.98 Å². The van der Waals surface area contributed by atoms with Crippen molar-refractivity contribution in [2.24, 2.45) is 0 Å². The van der Waals surface area contributed by atoms with E-state index in [4.69, 9.17) is 5.26 Å². The maximum Gasteiger partial charge on any atom is 0.208 e. The number of hydrogen-bond donors (Lipinski definition) is 2. The summed E-state index contributed by atoms with van der Waals surface area (Å²) in [4.78, 5) is 4.22. The molecule has 0 aromatic carbocycles. The van der Waals surface area contributed by atoms with Crippen LogP contribution >= 0.6 is 11.8 Å². The molecule has 1 heterocycles. The predicted octanol–water partition coefficient (Wildman–Crippen LogP) is 1.88. The molecule has 5 nitrogen and oxygen atoms in total. The second kappa shape index (κ2) is 6.62. The Bertz CT molecular complexity index is 383. The minimum atomic E-state index is -0.397. The van der Waals surface area contributed by atoms with Crippen LogP contribution in [0.2, 0.25) is 0 Å². The number of nitrogens with zero attached hydrogens (tertiary/aromatic N) is 3. The number of hydrogen-bond acceptors (Lipinski definition) is 5. The van der Waals surface area contributed by atoms with Gasteiger partial charge in [-0.15, -0.1) is 5.10 Å². The topological polar surface area (TPSA) is 77.4 Å². The molecule has 2 N–H and O–H groups in total. The van der Waals surface area contributed by atoms with Gasteiger partial charge in [0.2, 0.25) is 5.16 Å². The lowest BCUT2D eigenvalue weighted by Gasteiger charge is -2.19. The van der Waals surface area contributed by atoms with Crippen LogP contribution in [0.25, 0.3) is 0 Å². The number of aromatic amines is 1. The van der Waals surface area contributed by atoms with Gasteiger partial charge in [-0.3, -0.25) is 5.10 Å². The number of aryl methyl sites for hydroxylation is 1. The van der Waals surface area contributed by atoms with Crippen LogP contribution in [0.3, 0.4) is 0 Å². The van der Waals surface area contributed by atoms with E-state index in [2.05, 4.69) is 26.6 Å². The van der Waals surface area contributed by atoms with Gasteiger partial charge in [-0.1, -0.05) is 11.8 Å². The van der Waals surface area contributed by atoms with Crippen molar-refractivity contribution < 1.29 is 0 Å². The second-order valence-corrected chi connectivity index (χ2v) is 5.26. The Kier molecular flexibility index (Phi) is 5.45. The minimum absolute atomic E-state index is 0.397. The molecule has 6 heteroatoms. The molecule has 1 aromatic rings. The number of nitrogens with one attached hydrogen (secondary N) is 2. The summed E-state index contributed by atoms with van der Waals surface area (Å²) in [5, 5.41) is 19.7. The third-order valence-corrected chi connectivity index (χ3v) is 3.61. The van der Waals surface area contributed by atoms with Crippen LogP contribution in [-0.4, -0.2) is 33.5 Å². The zero-order valence-electron chi connectivity index (χ0n) is 10.6. The van der Waals surface area contributed by atoms with Crippen molar-refractivity contribution in [3.8, 4) is 6.07 Å². The maximum atomic E-state index is 8.98. The van der Waals surface area contributed by atoms with Crippen molar-refractivity contribution in [3.05, 3.63) is 5.82 Å². The molecule has 0 radical (unpaired) electrons. The van der Waals surface area contributed by atoms with E-state index >= 15 is 0 Å². The van der Waals surface area contributed by atoms with E-state index in [9.17, 15) is 0 Å². The van der Waals surface area contributed by atoms with Crippen LogP contribution < -0.4 is 5.32 Å². The molecule has 94 valence electrons. The van der Waals surface area contributed by atoms with Crippen LogP contribution in [-0.2, 0) is 0 Å². The molecule has 0 fully saturated rings. The molecule has 0 bridgehead atoms. The first kappa shape index (κ1) is 14.0. The molecule has 1 unspecified atom stereocenters. The first-order valence-corrected chi connectivity index (χ1v) is 6.70. The van der Waals surface area contributed by atoms with Gasteiger partial charge in [0.25, 0.3) is 0 Å². The van der Waals surface area contributed by atoms with Gasteiger partial charge in [-0.05, 0) is 40.2 Å². The fraction of sp³-hybridized carbons (Fsp3) is 0.727. The highest BCUT2D eigenvalue weighted by Crippen LogP contribution is 2.17. The van der Waals surface area contributed by atoms with Gasteiger partial charge < -0.3 is 5.32 Å². The maximum absolute atomic E-state index is 8.98. The van der Waals surface area contributed by atoms with E-state index in [0.29, 0.717) is 0 Å². The average Bonchev–Trinajstić information content (AvgIpc) is 2.74. The fourth-order valence-corrected chi connectivity index (χ4v) is 2.21. The van der Waals surface area contributed by atoms with Crippen LogP contribution in [0.15, 0.2) is 5.16 Å². The Hall–Kier alpha value is -1.06. The number of H-pyrrole nitrogens is 1. The standard InChI is InChI=1S/C11H19N5S/c1-9-14-10(16-15-9)17-7-5-4-6-11(2,8-12)13-3/h13H,4-7H2,1-3H3,(H,14,15,16). The molecule has 0 amide bonds. The normalized spacial score (nSPS) is 14.2. The van der Waals surface area contributed by atoms with Gasteiger partial charge in [-0.2, -0.15) is 5.26 Å². The number of unbranched alkanes of at least 4 members (excludes halogenated alkanes) is 1. The lowest BCUT2D eigenvalue weighted by molar-refractivity contribution is 0.439. The lowest BCUT2D eigenvalue weighted by atomic mass is 9.97. The third-order valence-electron chi connectivity index (χ3n) is 2.68. The van der Waals surface area contributed by atoms with Crippen molar-refractivity contribution in [2.45, 2.75) is 43.8 Å². The van der Waals surface area contributed by atoms with Gasteiger partial charge in [0.1, 0.15) is 11.4 Å². The third kappa shape index (κ3) is 4.75. The Morgan fingerprint density at radius 2 is 2.29 bits per heavy atom. The summed E-state index contributed by atoms with van der Waals surface area (Å²) in [6.45, 7) is 3.82. The van der Waals surface area contributed by atoms with Crippen molar-refractivity contribution >= 4 is 11.8 Å². The summed E-state index contributed by atoms with van der Waals surface area (Å²) in [6.07, 6.45) is 2.96. The highest BCUT2D eigenvalue weighted by atomic mass is 32.2. The molecule has 1 atom stereocenters. The summed E-state index contributed by atoms with van der Waals surface area (Å²) in [5.74, 6) is 1.84. The molecule has 0 aliphatic heterocycles. The number of thioether (sulfide) groups is 1. The zero-order chi connectivity index (χ0) is 12.7. The molecular weight excluding hydrogens is 234 g/mol. The Labute approximate surface area is 106 Å². The molecule has 1 aromatic heterocycles. The van der Waals surface area contributed by atoms with Crippen molar-refractivity contribution in [2.75, 3.05) is 12.8 Å². The van der Waals surface area contributed by atoms with Crippen molar-refractivity contribution in [3.63, 3.8) is 0 Å². The summed E-state index contributed by atoms with van der Waals surface area (Å²) in [7, 11) is 1.83. The summed E-state index contributed by atoms with van der Waals surface area (Å²) < 4.78 is 0. The molecule has 0 saturated heterocycles. The summed E-state index contributed by atoms with van der Waals surface area (Å²) >= 11 is 1.65. The van der Waals surface area contributed by atoms with E-state index in [0.717, 1.165) is 36.0 Å². The summed E-state index contributed by atoms with van der Waals surface area (Å²) in [6, 6.07) is 2.29. The lowest BCUT2D eigenvalue weighted by Crippen LogP contribution is -2.37. The number of aromatic nitrogens is 3. The molecule has 0 spiro atoms. The van der Waals surface area contributed by atoms with Crippen LogP contribution in [0.5, 0.6) is 0 Å². The van der Waals surface area contributed by atoms with Crippen LogP contribution in [0.1, 0.15) is 32.0 Å². The zero-order valence-corrected chi connectivity index (χ0v) is 11.4. The Balaban J connectivity index is 2.15. The van der Waals surface area contributed by atoms with Gasteiger partial charge in [0.15, 0.2) is 0 Å². The van der Waals surface area contributed by atoms with Gasteiger partial charge in [0.05, 0.1) is 6.07 Å². The van der Waals surface area contributed by atoms with E-state index < -0.39 is 5.54 Å². The predicted molar refractivity (Wildman–Crippen MR) is 68.8 cm³/mol. The molecule has 0 saturated carbocycles. The fourth-order valence-electron chi connectivity index (χ4n) is 1.37. The molecule has 17 heavy (non-hydrogen) atoms. The average molecular weight is 253 g/mol. The van der Waals surface area contributed by atoms with E-state index in [1.165, 1.54) is 0 Å². The van der Waals surface area contributed by atoms with E-state index in [1.807, 2.05) is 20.9 Å². The summed E-state index contributed by atoms with van der Waals surface area (Å²) in [5.41, 5.74) is -0.397. The Morgan fingerprint density at radius 1 is 1.53 bits per heavy atom. The molecule has 0 aliphatic rings. The SMILES string of the molecule is CNC(C)(C#N)CCCCSc1n[nH]c(C)n1. The quantitative estimate of drug-likeness (QED) is 0.573. The molecule has 0 aliphatic carbocycles. The van der Waals surface area contributed by atoms with Crippen molar-refractivity contribution in [1.29, 1.82) is 5.26 Å².